The number of carbonyl (C=O) groups is 2. The number of ether oxygens (including phenoxy) is 2. The molecule has 0 aliphatic carbocycles. The summed E-state index contributed by atoms with van der Waals surface area (Å²) < 4.78 is 9.26. The molecule has 0 atom stereocenters. The number of esters is 1. The van der Waals surface area contributed by atoms with Gasteiger partial charge in [-0.1, -0.05) is 6.92 Å². The van der Waals surface area contributed by atoms with E-state index in [1.54, 1.807) is 13.8 Å². The van der Waals surface area contributed by atoms with Crippen molar-refractivity contribution in [3.8, 4) is 0 Å². The highest BCUT2D eigenvalue weighted by atomic mass is 16.7. The van der Waals surface area contributed by atoms with Gasteiger partial charge in [0, 0.05) is 7.05 Å². The van der Waals surface area contributed by atoms with Crippen LogP contribution in [-0.4, -0.2) is 25.9 Å². The van der Waals surface area contributed by atoms with Crippen molar-refractivity contribution in [3.63, 3.8) is 0 Å². The first-order chi connectivity index (χ1) is 6.44. The number of amides is 1. The van der Waals surface area contributed by atoms with E-state index in [0.29, 0.717) is 6.42 Å². The fraction of sp³-hybridized carbons (Fsp3) is 0.778. The van der Waals surface area contributed by atoms with Gasteiger partial charge in [0.15, 0.2) is 0 Å². The molecule has 0 fully saturated rings. The van der Waals surface area contributed by atoms with E-state index in [2.05, 4.69) is 10.1 Å². The van der Waals surface area contributed by atoms with Gasteiger partial charge in [-0.2, -0.15) is 0 Å². The van der Waals surface area contributed by atoms with Crippen LogP contribution in [0.1, 0.15) is 27.2 Å². The van der Waals surface area contributed by atoms with Crippen molar-refractivity contribution in [1.82, 2.24) is 5.32 Å². The van der Waals surface area contributed by atoms with Gasteiger partial charge < -0.3 is 14.8 Å². The minimum absolute atomic E-state index is 0.345. The van der Waals surface area contributed by atoms with E-state index in [4.69, 9.17) is 4.74 Å². The molecule has 0 aromatic heterocycles. The maximum Gasteiger partial charge on any atom is 0.409 e. The first-order valence-corrected chi connectivity index (χ1v) is 4.45. The molecule has 0 aromatic carbocycles. The van der Waals surface area contributed by atoms with Gasteiger partial charge in [-0.3, -0.25) is 4.79 Å². The van der Waals surface area contributed by atoms with Crippen molar-refractivity contribution in [2.75, 3.05) is 13.8 Å². The van der Waals surface area contributed by atoms with Crippen LogP contribution < -0.4 is 5.32 Å². The lowest BCUT2D eigenvalue weighted by atomic mass is 9.91. The van der Waals surface area contributed by atoms with Crippen LogP contribution in [0, 0.1) is 5.41 Å². The van der Waals surface area contributed by atoms with Gasteiger partial charge in [-0.15, -0.1) is 0 Å². The third kappa shape index (κ3) is 4.11. The molecule has 0 bridgehead atoms. The van der Waals surface area contributed by atoms with Gasteiger partial charge >= 0.3 is 12.1 Å². The molecule has 0 saturated carbocycles. The Balaban J connectivity index is 3.80. The molecular weight excluding hydrogens is 186 g/mol. The van der Waals surface area contributed by atoms with Crippen molar-refractivity contribution >= 4 is 12.1 Å². The summed E-state index contributed by atoms with van der Waals surface area (Å²) in [6.07, 6.45) is 0.0540. The van der Waals surface area contributed by atoms with E-state index in [0.717, 1.165) is 0 Å². The zero-order valence-electron chi connectivity index (χ0n) is 9.05. The van der Waals surface area contributed by atoms with Gasteiger partial charge in [0.2, 0.25) is 6.79 Å². The smallest absolute Gasteiger partial charge is 0.409 e. The topological polar surface area (TPSA) is 64.6 Å². The molecule has 5 heteroatoms. The molecule has 0 aliphatic heterocycles. The van der Waals surface area contributed by atoms with E-state index in [1.807, 2.05) is 6.92 Å². The SMILES string of the molecule is CCC(C)(C)C(=O)OCOC(=O)NC. The molecule has 5 nitrogen and oxygen atoms in total. The van der Waals surface area contributed by atoms with Crippen LogP contribution in [0.15, 0.2) is 0 Å². The van der Waals surface area contributed by atoms with Crippen molar-refractivity contribution in [2.24, 2.45) is 5.41 Å². The van der Waals surface area contributed by atoms with Crippen molar-refractivity contribution in [1.29, 1.82) is 0 Å². The zero-order chi connectivity index (χ0) is 11.2. The number of hydrogen-bond acceptors (Lipinski definition) is 4. The van der Waals surface area contributed by atoms with Crippen LogP contribution in [-0.2, 0) is 14.3 Å². The third-order valence-electron chi connectivity index (χ3n) is 2.02. The van der Waals surface area contributed by atoms with Crippen molar-refractivity contribution < 1.29 is 19.1 Å². The Kier molecular flexibility index (Phi) is 4.97. The molecule has 0 rings (SSSR count). The predicted octanol–water partition coefficient (Wildman–Crippen LogP) is 1.28. The molecule has 1 N–H and O–H groups in total. The van der Waals surface area contributed by atoms with E-state index in [9.17, 15) is 9.59 Å². The molecule has 0 saturated heterocycles. The van der Waals surface area contributed by atoms with E-state index >= 15 is 0 Å². The van der Waals surface area contributed by atoms with Crippen LogP contribution in [0.25, 0.3) is 0 Å². The first kappa shape index (κ1) is 12.7. The Hall–Kier alpha value is -1.26. The summed E-state index contributed by atoms with van der Waals surface area (Å²) in [6, 6.07) is 0. The molecule has 1 amide bonds. The molecular formula is C9H17NO4. The molecule has 0 spiro atoms. The first-order valence-electron chi connectivity index (χ1n) is 4.45. The lowest BCUT2D eigenvalue weighted by Crippen LogP contribution is -2.28. The normalized spacial score (nSPS) is 10.6. The van der Waals surface area contributed by atoms with E-state index in [-0.39, 0.29) is 12.8 Å². The summed E-state index contributed by atoms with van der Waals surface area (Å²) in [5, 5.41) is 2.24. The van der Waals surface area contributed by atoms with Crippen LogP contribution in [0.4, 0.5) is 4.79 Å². The number of alkyl carbamates (subject to hydrolysis) is 1. The highest BCUT2D eigenvalue weighted by molar-refractivity contribution is 5.75. The summed E-state index contributed by atoms with van der Waals surface area (Å²) >= 11 is 0. The molecule has 0 unspecified atom stereocenters. The molecule has 0 aliphatic rings. The fourth-order valence-electron chi connectivity index (χ4n) is 0.548. The second-order valence-electron chi connectivity index (χ2n) is 3.47. The van der Waals surface area contributed by atoms with Crippen LogP contribution in [0.5, 0.6) is 0 Å². The summed E-state index contributed by atoms with van der Waals surface area (Å²) in [7, 11) is 1.43. The lowest BCUT2D eigenvalue weighted by Gasteiger charge is -2.19. The predicted molar refractivity (Wildman–Crippen MR) is 50.6 cm³/mol. The zero-order valence-corrected chi connectivity index (χ0v) is 9.05. The number of hydrogen-bond donors (Lipinski definition) is 1. The molecule has 82 valence electrons. The van der Waals surface area contributed by atoms with Gasteiger partial charge in [0.05, 0.1) is 5.41 Å². The summed E-state index contributed by atoms with van der Waals surface area (Å²) in [5.41, 5.74) is -0.536. The minimum atomic E-state index is -0.618. The van der Waals surface area contributed by atoms with Gasteiger partial charge in [-0.25, -0.2) is 4.79 Å². The number of carbonyl (C=O) groups excluding carboxylic acids is 2. The Morgan fingerprint density at radius 1 is 1.29 bits per heavy atom. The Morgan fingerprint density at radius 2 is 1.86 bits per heavy atom. The Labute approximate surface area is 83.8 Å². The van der Waals surface area contributed by atoms with Crippen LogP contribution >= 0.6 is 0 Å². The minimum Gasteiger partial charge on any atom is -0.427 e. The van der Waals surface area contributed by atoms with Crippen LogP contribution in [0.2, 0.25) is 0 Å². The van der Waals surface area contributed by atoms with E-state index in [1.165, 1.54) is 7.05 Å². The van der Waals surface area contributed by atoms with Gasteiger partial charge in [-0.05, 0) is 20.3 Å². The van der Waals surface area contributed by atoms with Crippen molar-refractivity contribution in [3.05, 3.63) is 0 Å². The largest absolute Gasteiger partial charge is 0.427 e. The van der Waals surface area contributed by atoms with E-state index < -0.39 is 11.5 Å². The van der Waals surface area contributed by atoms with Crippen molar-refractivity contribution in [2.45, 2.75) is 27.2 Å². The summed E-state index contributed by atoms with van der Waals surface area (Å²) in [5.74, 6) is -0.371. The Bertz CT molecular complexity index is 213. The standard InChI is InChI=1S/C9H17NO4/c1-5-9(2,3)7(11)13-6-14-8(12)10-4/h5-6H2,1-4H3,(H,10,12). The van der Waals surface area contributed by atoms with Gasteiger partial charge in [0.25, 0.3) is 0 Å². The highest BCUT2D eigenvalue weighted by Crippen LogP contribution is 2.21. The maximum atomic E-state index is 11.3. The highest BCUT2D eigenvalue weighted by Gasteiger charge is 2.27. The Morgan fingerprint density at radius 3 is 2.29 bits per heavy atom. The second kappa shape index (κ2) is 5.47. The second-order valence-corrected chi connectivity index (χ2v) is 3.47. The number of rotatable bonds is 4. The summed E-state index contributed by atoms with van der Waals surface area (Å²) in [6.45, 7) is 5.09. The number of nitrogens with one attached hydrogen (secondary N) is 1. The lowest BCUT2D eigenvalue weighted by molar-refractivity contribution is -0.162. The quantitative estimate of drug-likeness (QED) is 0.552. The average Bonchev–Trinajstić information content (AvgIpc) is 2.17. The molecule has 14 heavy (non-hydrogen) atoms. The maximum absolute atomic E-state index is 11.3. The molecule has 0 radical (unpaired) electrons. The van der Waals surface area contributed by atoms with Crippen LogP contribution in [0.3, 0.4) is 0 Å². The molecule has 0 aromatic rings. The summed E-state index contributed by atoms with van der Waals surface area (Å²) in [4.78, 5) is 21.9. The molecule has 0 heterocycles. The monoisotopic (exact) mass is 203 g/mol. The van der Waals surface area contributed by atoms with Gasteiger partial charge in [0.1, 0.15) is 0 Å². The average molecular weight is 203 g/mol. The fourth-order valence-corrected chi connectivity index (χ4v) is 0.548. The third-order valence-corrected chi connectivity index (χ3v) is 2.02.